The van der Waals surface area contributed by atoms with Gasteiger partial charge in [0, 0.05) is 5.69 Å². The molecule has 2 aromatic carbocycles. The molecule has 0 bridgehead atoms. The molecule has 0 atom stereocenters. The Morgan fingerprint density at radius 2 is 2.00 bits per heavy atom. The summed E-state index contributed by atoms with van der Waals surface area (Å²) < 4.78 is 41.7. The first-order chi connectivity index (χ1) is 13.3. The number of fused-ring (bicyclic) bond motifs is 3. The van der Waals surface area contributed by atoms with E-state index in [-0.39, 0.29) is 11.4 Å². The summed E-state index contributed by atoms with van der Waals surface area (Å²) in [6.07, 6.45) is -4.60. The van der Waals surface area contributed by atoms with Crippen LogP contribution in [0.3, 0.4) is 0 Å². The molecule has 0 fully saturated rings. The van der Waals surface area contributed by atoms with E-state index in [0.717, 1.165) is 34.1 Å². The number of anilines is 1. The van der Waals surface area contributed by atoms with Crippen molar-refractivity contribution in [2.24, 2.45) is 0 Å². The van der Waals surface area contributed by atoms with Crippen LogP contribution in [-0.4, -0.2) is 26.3 Å². The maximum atomic E-state index is 12.9. The van der Waals surface area contributed by atoms with Crippen LogP contribution < -0.4 is 5.32 Å². The molecule has 0 unspecified atom stereocenters. The molecule has 0 radical (unpaired) electrons. The molecule has 4 aromatic rings. The quantitative estimate of drug-likeness (QED) is 0.433. The van der Waals surface area contributed by atoms with Crippen molar-refractivity contribution in [2.45, 2.75) is 11.3 Å². The Hall–Kier alpha value is -2.30. The van der Waals surface area contributed by atoms with Gasteiger partial charge in [0.2, 0.25) is 10.9 Å². The molecule has 5 nitrogen and oxygen atoms in total. The van der Waals surface area contributed by atoms with E-state index in [4.69, 9.17) is 11.6 Å². The average Bonchev–Trinajstić information content (AvgIpc) is 3.20. The number of alkyl halides is 3. The number of hydrogen-bond acceptors (Lipinski definition) is 5. The maximum Gasteiger partial charge on any atom is 0.417 e. The fourth-order valence-corrected chi connectivity index (χ4v) is 4.59. The summed E-state index contributed by atoms with van der Waals surface area (Å²) in [4.78, 5) is 12.9. The summed E-state index contributed by atoms with van der Waals surface area (Å²) in [7, 11) is 0. The normalized spacial score (nSPS) is 12.0. The molecular formula is C17H10ClF3N4OS2. The highest BCUT2D eigenvalue weighted by Gasteiger charge is 2.33. The molecule has 144 valence electrons. The lowest BCUT2D eigenvalue weighted by Gasteiger charge is -2.11. The molecule has 0 aliphatic carbocycles. The number of aromatic nitrogens is 3. The van der Waals surface area contributed by atoms with Crippen molar-refractivity contribution >= 4 is 61.5 Å². The van der Waals surface area contributed by atoms with Crippen molar-refractivity contribution in [1.82, 2.24) is 14.6 Å². The van der Waals surface area contributed by atoms with Gasteiger partial charge >= 0.3 is 6.18 Å². The molecule has 1 amide bonds. The van der Waals surface area contributed by atoms with Crippen molar-refractivity contribution in [3.8, 4) is 0 Å². The van der Waals surface area contributed by atoms with Crippen molar-refractivity contribution < 1.29 is 18.0 Å². The van der Waals surface area contributed by atoms with Crippen LogP contribution in [0, 0.1) is 0 Å². The third-order valence-corrected chi connectivity index (χ3v) is 6.07. The Morgan fingerprint density at radius 1 is 1.21 bits per heavy atom. The van der Waals surface area contributed by atoms with Crippen LogP contribution in [0.5, 0.6) is 0 Å². The molecular weight excluding hydrogens is 433 g/mol. The third-order valence-electron chi connectivity index (χ3n) is 3.80. The van der Waals surface area contributed by atoms with Gasteiger partial charge in [-0.1, -0.05) is 46.8 Å². The van der Waals surface area contributed by atoms with E-state index in [2.05, 4.69) is 15.5 Å². The summed E-state index contributed by atoms with van der Waals surface area (Å²) >= 11 is 8.22. The van der Waals surface area contributed by atoms with Gasteiger partial charge in [0.1, 0.15) is 0 Å². The standard InChI is InChI=1S/C17H10ClF3N4OS2/c18-11-6-5-9(7-10(11)17(19,20)21)22-14(26)8-27-15-23-24-16-25(15)12-3-1-2-4-13(12)28-16/h1-7H,8H2,(H,22,26). The molecule has 4 rings (SSSR count). The number of carbonyl (C=O) groups is 1. The molecule has 0 saturated carbocycles. The van der Waals surface area contributed by atoms with Crippen LogP contribution in [-0.2, 0) is 11.0 Å². The highest BCUT2D eigenvalue weighted by Crippen LogP contribution is 2.36. The van der Waals surface area contributed by atoms with Crippen LogP contribution in [0.25, 0.3) is 15.2 Å². The van der Waals surface area contributed by atoms with Gasteiger partial charge in [0.25, 0.3) is 0 Å². The molecule has 0 aliphatic rings. The molecule has 0 spiro atoms. The van der Waals surface area contributed by atoms with Gasteiger partial charge in [-0.25, -0.2) is 0 Å². The highest BCUT2D eigenvalue weighted by molar-refractivity contribution is 7.99. The number of carbonyl (C=O) groups excluding carboxylic acids is 1. The molecule has 1 N–H and O–H groups in total. The third kappa shape index (κ3) is 3.67. The van der Waals surface area contributed by atoms with E-state index >= 15 is 0 Å². The van der Waals surface area contributed by atoms with Gasteiger partial charge < -0.3 is 5.32 Å². The van der Waals surface area contributed by atoms with Crippen molar-refractivity contribution in [2.75, 3.05) is 11.1 Å². The predicted octanol–water partition coefficient (Wildman–Crippen LogP) is 5.35. The van der Waals surface area contributed by atoms with Gasteiger partial charge in [-0.05, 0) is 30.3 Å². The van der Waals surface area contributed by atoms with E-state index in [9.17, 15) is 18.0 Å². The molecule has 2 heterocycles. The second-order valence-corrected chi connectivity index (χ2v) is 8.06. The molecule has 28 heavy (non-hydrogen) atoms. The van der Waals surface area contributed by atoms with Gasteiger partial charge in [-0.3, -0.25) is 9.20 Å². The first-order valence-electron chi connectivity index (χ1n) is 7.85. The van der Waals surface area contributed by atoms with Gasteiger partial charge in [0.15, 0.2) is 5.16 Å². The highest BCUT2D eigenvalue weighted by atomic mass is 35.5. The summed E-state index contributed by atoms with van der Waals surface area (Å²) in [5.41, 5.74) is -0.0406. The van der Waals surface area contributed by atoms with Crippen LogP contribution in [0.1, 0.15) is 5.56 Å². The fourth-order valence-electron chi connectivity index (χ4n) is 2.60. The van der Waals surface area contributed by atoms with Crippen molar-refractivity contribution in [3.63, 3.8) is 0 Å². The zero-order valence-electron chi connectivity index (χ0n) is 13.8. The van der Waals surface area contributed by atoms with Crippen LogP contribution in [0.15, 0.2) is 47.6 Å². The average molecular weight is 443 g/mol. The van der Waals surface area contributed by atoms with E-state index < -0.39 is 22.7 Å². The number of amides is 1. The van der Waals surface area contributed by atoms with E-state index in [1.807, 2.05) is 28.7 Å². The van der Waals surface area contributed by atoms with Crippen LogP contribution in [0.4, 0.5) is 18.9 Å². The van der Waals surface area contributed by atoms with Crippen LogP contribution in [0.2, 0.25) is 5.02 Å². The topological polar surface area (TPSA) is 59.3 Å². The Morgan fingerprint density at radius 3 is 2.79 bits per heavy atom. The van der Waals surface area contributed by atoms with E-state index in [1.165, 1.54) is 17.4 Å². The van der Waals surface area contributed by atoms with E-state index in [0.29, 0.717) is 10.1 Å². The van der Waals surface area contributed by atoms with Crippen molar-refractivity contribution in [1.29, 1.82) is 0 Å². The summed E-state index contributed by atoms with van der Waals surface area (Å²) in [5, 5.41) is 10.8. The zero-order chi connectivity index (χ0) is 19.9. The van der Waals surface area contributed by atoms with Gasteiger partial charge in [-0.2, -0.15) is 13.2 Å². The van der Waals surface area contributed by atoms with Gasteiger partial charge in [-0.15, -0.1) is 10.2 Å². The minimum atomic E-state index is -4.60. The molecule has 2 aromatic heterocycles. The van der Waals surface area contributed by atoms with Gasteiger partial charge in [0.05, 0.1) is 26.6 Å². The minimum absolute atomic E-state index is 0.0229. The fraction of sp³-hybridized carbons (Fsp3) is 0.118. The number of rotatable bonds is 4. The number of thioether (sulfide) groups is 1. The SMILES string of the molecule is O=C(CSc1nnc2sc3ccccc3n12)Nc1ccc(Cl)c(C(F)(F)F)c1. The Balaban J connectivity index is 1.49. The number of hydrogen-bond donors (Lipinski definition) is 1. The molecule has 0 saturated heterocycles. The lowest BCUT2D eigenvalue weighted by molar-refractivity contribution is -0.137. The second kappa shape index (κ2) is 7.26. The number of thiazole rings is 1. The molecule has 11 heteroatoms. The summed E-state index contributed by atoms with van der Waals surface area (Å²) in [6.45, 7) is 0. The van der Waals surface area contributed by atoms with E-state index in [1.54, 1.807) is 0 Å². The monoisotopic (exact) mass is 442 g/mol. The first kappa shape index (κ1) is 19.0. The Kier molecular flexibility index (Phi) is 4.94. The summed E-state index contributed by atoms with van der Waals surface area (Å²) in [5.74, 6) is -0.494. The smallest absolute Gasteiger partial charge is 0.325 e. The van der Waals surface area contributed by atoms with Crippen molar-refractivity contribution in [3.05, 3.63) is 53.1 Å². The largest absolute Gasteiger partial charge is 0.417 e. The number of para-hydroxylation sites is 1. The number of nitrogens with zero attached hydrogens (tertiary/aromatic N) is 3. The van der Waals surface area contributed by atoms with Crippen LogP contribution >= 0.6 is 34.7 Å². The summed E-state index contributed by atoms with van der Waals surface area (Å²) in [6, 6.07) is 11.0. The lowest BCUT2D eigenvalue weighted by Crippen LogP contribution is -2.15. The number of benzene rings is 2. The lowest BCUT2D eigenvalue weighted by atomic mass is 10.2. The first-order valence-corrected chi connectivity index (χ1v) is 10.0. The number of nitrogens with one attached hydrogen (secondary N) is 1. The number of halogens is 4. The minimum Gasteiger partial charge on any atom is -0.325 e. The predicted molar refractivity (Wildman–Crippen MR) is 104 cm³/mol. The molecule has 0 aliphatic heterocycles. The Bertz CT molecular complexity index is 1190. The maximum absolute atomic E-state index is 12.9. The Labute approximate surface area is 169 Å². The second-order valence-electron chi connectivity index (χ2n) is 5.70. The zero-order valence-corrected chi connectivity index (χ0v) is 16.2.